The molecule has 0 fully saturated rings. The number of aromatic nitrogens is 1. The van der Waals surface area contributed by atoms with Gasteiger partial charge in [0.15, 0.2) is 11.4 Å². The number of oxazole rings is 1. The number of nitrogens with zero attached hydrogens (tertiary/aromatic N) is 1. The Bertz CT molecular complexity index is 533. The van der Waals surface area contributed by atoms with E-state index in [4.69, 9.17) is 4.42 Å². The predicted octanol–water partition coefficient (Wildman–Crippen LogP) is 2.83. The summed E-state index contributed by atoms with van der Waals surface area (Å²) in [7, 11) is 1.73. The lowest BCUT2D eigenvalue weighted by Crippen LogP contribution is -1.91. The quantitative estimate of drug-likeness (QED) is 0.852. The van der Waals surface area contributed by atoms with Crippen molar-refractivity contribution in [2.45, 2.75) is 6.92 Å². The van der Waals surface area contributed by atoms with Crippen molar-refractivity contribution in [1.29, 1.82) is 0 Å². The van der Waals surface area contributed by atoms with Crippen molar-refractivity contribution in [3.63, 3.8) is 0 Å². The summed E-state index contributed by atoms with van der Waals surface area (Å²) in [5.41, 5.74) is 1.92. The summed E-state index contributed by atoms with van der Waals surface area (Å²) in [5.74, 6) is 0.00612. The lowest BCUT2D eigenvalue weighted by Gasteiger charge is -1.96. The number of fused-ring (bicyclic) bond motifs is 1. The van der Waals surface area contributed by atoms with Crippen LogP contribution < -0.4 is 5.32 Å². The number of rotatable bonds is 2. The van der Waals surface area contributed by atoms with Crippen molar-refractivity contribution < 1.29 is 9.21 Å². The number of ketones is 1. The zero-order valence-corrected chi connectivity index (χ0v) is 9.88. The molecule has 0 aliphatic carbocycles. The second kappa shape index (κ2) is 3.66. The molecule has 1 aromatic heterocycles. The van der Waals surface area contributed by atoms with E-state index in [2.05, 4.69) is 26.2 Å². The molecule has 2 rings (SSSR count). The minimum Gasteiger partial charge on any atom is -0.422 e. The lowest BCUT2D eigenvalue weighted by atomic mass is 10.1. The number of halogens is 1. The number of carbonyl (C=O) groups excluding carboxylic acids is 1. The highest BCUT2D eigenvalue weighted by atomic mass is 79.9. The van der Waals surface area contributed by atoms with Gasteiger partial charge in [-0.1, -0.05) is 0 Å². The third-order valence-electron chi connectivity index (χ3n) is 2.07. The van der Waals surface area contributed by atoms with Crippen LogP contribution in [-0.4, -0.2) is 17.8 Å². The number of Topliss-reactive ketones (excluding diaryl/α,β-unsaturated/α-hetero) is 1. The Morgan fingerprint density at radius 1 is 1.53 bits per heavy atom. The predicted molar refractivity (Wildman–Crippen MR) is 61.3 cm³/mol. The molecule has 0 spiro atoms. The normalized spacial score (nSPS) is 10.6. The molecule has 1 aromatic carbocycles. The summed E-state index contributed by atoms with van der Waals surface area (Å²) < 4.78 is 6.14. The van der Waals surface area contributed by atoms with Crippen molar-refractivity contribution >= 4 is 38.8 Å². The fraction of sp³-hybridized carbons (Fsp3) is 0.200. The molecule has 0 radical (unpaired) electrons. The van der Waals surface area contributed by atoms with E-state index in [9.17, 15) is 4.79 Å². The molecular weight excluding hydrogens is 260 g/mol. The smallest absolute Gasteiger partial charge is 0.295 e. The molecule has 0 saturated carbocycles. The van der Waals surface area contributed by atoms with Gasteiger partial charge >= 0.3 is 0 Å². The molecule has 1 heterocycles. The maximum atomic E-state index is 11.2. The largest absolute Gasteiger partial charge is 0.422 e. The fourth-order valence-electron chi connectivity index (χ4n) is 1.30. The summed E-state index contributed by atoms with van der Waals surface area (Å²) in [5, 5.41) is 2.81. The molecule has 78 valence electrons. The van der Waals surface area contributed by atoms with Crippen LogP contribution in [0.25, 0.3) is 11.1 Å². The third kappa shape index (κ3) is 1.74. The summed E-state index contributed by atoms with van der Waals surface area (Å²) in [6.45, 7) is 1.52. The van der Waals surface area contributed by atoms with Crippen LogP contribution in [0.3, 0.4) is 0 Å². The molecule has 0 atom stereocenters. The molecule has 4 nitrogen and oxygen atoms in total. The average Bonchev–Trinajstić information content (AvgIpc) is 2.61. The molecule has 0 unspecified atom stereocenters. The number of hydrogen-bond donors (Lipinski definition) is 1. The van der Waals surface area contributed by atoms with Crippen LogP contribution in [0.2, 0.25) is 0 Å². The third-order valence-corrected chi connectivity index (χ3v) is 2.65. The van der Waals surface area contributed by atoms with Gasteiger partial charge in [0.1, 0.15) is 5.52 Å². The van der Waals surface area contributed by atoms with E-state index in [1.54, 1.807) is 19.2 Å². The number of carbonyl (C=O) groups is 1. The number of anilines is 1. The Morgan fingerprint density at radius 2 is 2.27 bits per heavy atom. The summed E-state index contributed by atoms with van der Waals surface area (Å²) >= 11 is 3.34. The number of nitrogens with one attached hydrogen (secondary N) is 1. The zero-order valence-electron chi connectivity index (χ0n) is 8.30. The van der Waals surface area contributed by atoms with Gasteiger partial charge in [0.25, 0.3) is 6.01 Å². The van der Waals surface area contributed by atoms with Gasteiger partial charge in [-0.2, -0.15) is 4.98 Å². The van der Waals surface area contributed by atoms with E-state index < -0.39 is 0 Å². The Hall–Kier alpha value is -1.36. The minimum absolute atomic E-state index is 0.00612. The summed E-state index contributed by atoms with van der Waals surface area (Å²) in [6, 6.07) is 3.88. The van der Waals surface area contributed by atoms with Crippen molar-refractivity contribution in [2.24, 2.45) is 0 Å². The van der Waals surface area contributed by atoms with Crippen molar-refractivity contribution in [3.8, 4) is 0 Å². The molecule has 15 heavy (non-hydrogen) atoms. The van der Waals surface area contributed by atoms with Gasteiger partial charge in [0, 0.05) is 12.6 Å². The molecule has 0 aliphatic heterocycles. The van der Waals surface area contributed by atoms with Gasteiger partial charge in [-0.15, -0.1) is 0 Å². The first kappa shape index (κ1) is 10.2. The Labute approximate surface area is 94.8 Å². The van der Waals surface area contributed by atoms with E-state index in [1.807, 2.05) is 0 Å². The first-order valence-electron chi connectivity index (χ1n) is 4.40. The average molecular weight is 269 g/mol. The Morgan fingerprint density at radius 3 is 2.87 bits per heavy atom. The van der Waals surface area contributed by atoms with Crippen molar-refractivity contribution in [2.75, 3.05) is 12.4 Å². The van der Waals surface area contributed by atoms with Gasteiger partial charge in [-0.3, -0.25) is 4.79 Å². The SMILES string of the molecule is CNc1nc2cc(C(C)=O)cc(Br)c2o1. The number of hydrogen-bond acceptors (Lipinski definition) is 4. The number of benzene rings is 1. The summed E-state index contributed by atoms with van der Waals surface area (Å²) in [4.78, 5) is 15.4. The van der Waals surface area contributed by atoms with Gasteiger partial charge < -0.3 is 9.73 Å². The van der Waals surface area contributed by atoms with Crippen LogP contribution in [0.5, 0.6) is 0 Å². The van der Waals surface area contributed by atoms with Crippen LogP contribution in [0.4, 0.5) is 6.01 Å². The first-order chi connectivity index (χ1) is 7.11. The van der Waals surface area contributed by atoms with Crippen LogP contribution in [0.15, 0.2) is 21.0 Å². The maximum Gasteiger partial charge on any atom is 0.295 e. The highest BCUT2D eigenvalue weighted by Crippen LogP contribution is 2.28. The molecule has 0 amide bonds. The van der Waals surface area contributed by atoms with E-state index in [1.165, 1.54) is 6.92 Å². The monoisotopic (exact) mass is 268 g/mol. The van der Waals surface area contributed by atoms with Gasteiger partial charge in [-0.05, 0) is 35.0 Å². The fourth-order valence-corrected chi connectivity index (χ4v) is 1.83. The van der Waals surface area contributed by atoms with E-state index in [0.717, 1.165) is 4.47 Å². The van der Waals surface area contributed by atoms with E-state index >= 15 is 0 Å². The Balaban J connectivity index is 2.70. The standard InChI is InChI=1S/C10H9BrN2O2/c1-5(14)6-3-7(11)9-8(4-6)13-10(12-2)15-9/h3-4H,1-2H3,(H,12,13). The van der Waals surface area contributed by atoms with E-state index in [0.29, 0.717) is 22.7 Å². The van der Waals surface area contributed by atoms with Crippen LogP contribution in [0.1, 0.15) is 17.3 Å². The highest BCUT2D eigenvalue weighted by molar-refractivity contribution is 9.10. The van der Waals surface area contributed by atoms with Gasteiger partial charge in [-0.25, -0.2) is 0 Å². The minimum atomic E-state index is 0.00612. The molecule has 0 saturated heterocycles. The Kier molecular flexibility index (Phi) is 2.48. The lowest BCUT2D eigenvalue weighted by molar-refractivity contribution is 0.101. The van der Waals surface area contributed by atoms with Crippen LogP contribution in [0, 0.1) is 0 Å². The zero-order chi connectivity index (χ0) is 11.0. The highest BCUT2D eigenvalue weighted by Gasteiger charge is 2.11. The van der Waals surface area contributed by atoms with Crippen molar-refractivity contribution in [1.82, 2.24) is 4.98 Å². The molecule has 0 bridgehead atoms. The summed E-state index contributed by atoms with van der Waals surface area (Å²) in [6.07, 6.45) is 0. The van der Waals surface area contributed by atoms with Crippen molar-refractivity contribution in [3.05, 3.63) is 22.2 Å². The van der Waals surface area contributed by atoms with E-state index in [-0.39, 0.29) is 5.78 Å². The second-order valence-corrected chi connectivity index (χ2v) is 3.99. The van der Waals surface area contributed by atoms with Crippen LogP contribution >= 0.6 is 15.9 Å². The maximum absolute atomic E-state index is 11.2. The van der Waals surface area contributed by atoms with Gasteiger partial charge in [0.2, 0.25) is 0 Å². The second-order valence-electron chi connectivity index (χ2n) is 3.13. The van der Waals surface area contributed by atoms with Gasteiger partial charge in [0.05, 0.1) is 4.47 Å². The molecule has 1 N–H and O–H groups in total. The molecule has 2 aromatic rings. The first-order valence-corrected chi connectivity index (χ1v) is 5.20. The van der Waals surface area contributed by atoms with Crippen LogP contribution in [-0.2, 0) is 0 Å². The molecule has 5 heteroatoms. The topological polar surface area (TPSA) is 55.1 Å². The molecule has 0 aliphatic rings. The molecular formula is C10H9BrN2O2.